The molecule has 0 aliphatic carbocycles. The number of hydrogen-bond acceptors (Lipinski definition) is 3. The lowest BCUT2D eigenvalue weighted by Gasteiger charge is -2.28. The van der Waals surface area contributed by atoms with Crippen LogP contribution >= 0.6 is 30.9 Å². The maximum atomic E-state index is 12.4. The quantitative estimate of drug-likeness (QED) is 0.521. The Morgan fingerprint density at radius 1 is 1.38 bits per heavy atom. The number of halogens is 2. The van der Waals surface area contributed by atoms with E-state index in [9.17, 15) is 4.57 Å². The van der Waals surface area contributed by atoms with Crippen LogP contribution in [0.4, 0.5) is 0 Å². The predicted octanol–water partition coefficient (Wildman–Crippen LogP) is 4.15. The second-order valence-electron chi connectivity index (χ2n) is 3.27. The molecule has 0 bridgehead atoms. The molecule has 0 fully saturated rings. The fourth-order valence-corrected chi connectivity index (χ4v) is 3.09. The van der Waals surface area contributed by atoms with E-state index in [2.05, 4.69) is 0 Å². The van der Waals surface area contributed by atoms with Crippen LogP contribution in [0.2, 0.25) is 0 Å². The van der Waals surface area contributed by atoms with Gasteiger partial charge in [0.2, 0.25) is 0 Å². The van der Waals surface area contributed by atoms with E-state index >= 15 is 0 Å². The van der Waals surface area contributed by atoms with Gasteiger partial charge in [0, 0.05) is 13.1 Å². The van der Waals surface area contributed by atoms with Crippen molar-refractivity contribution in [2.75, 3.05) is 13.1 Å². The second-order valence-corrected chi connectivity index (χ2v) is 6.21. The number of nitrogens with zero attached hydrogens (tertiary/aromatic N) is 1. The fraction of sp³-hybridized carbons (Fsp3) is 0.778. The molecule has 1 atom stereocenters. The summed E-state index contributed by atoms with van der Waals surface area (Å²) in [7, 11) is -3.35. The van der Waals surface area contributed by atoms with Crippen molar-refractivity contribution in [3.8, 4) is 0 Å². The van der Waals surface area contributed by atoms with Crippen molar-refractivity contribution in [2.24, 2.45) is 0 Å². The van der Waals surface area contributed by atoms with Crippen LogP contribution in [-0.4, -0.2) is 23.9 Å². The van der Waals surface area contributed by atoms with Gasteiger partial charge in [-0.2, -0.15) is 4.67 Å². The molecule has 0 aromatic carbocycles. The molecule has 0 spiro atoms. The summed E-state index contributed by atoms with van der Waals surface area (Å²) in [5.74, 6) is 0. The average molecular weight is 290 g/mol. The number of rotatable bonds is 7. The van der Waals surface area contributed by atoms with Crippen molar-refractivity contribution in [1.82, 2.24) is 4.67 Å². The molecule has 0 aromatic rings. The van der Waals surface area contributed by atoms with Crippen molar-refractivity contribution in [1.29, 1.82) is 0 Å². The van der Waals surface area contributed by atoms with E-state index in [1.807, 2.05) is 13.8 Å². The van der Waals surface area contributed by atoms with E-state index in [1.54, 1.807) is 18.5 Å². The molecule has 0 aliphatic rings. The topological polar surface area (TPSA) is 38.8 Å². The zero-order chi connectivity index (χ0) is 12.8. The molecule has 0 unspecified atom stereocenters. The van der Waals surface area contributed by atoms with Gasteiger partial charge in [0.05, 0.1) is 6.10 Å². The van der Waals surface area contributed by atoms with Crippen LogP contribution in [0.3, 0.4) is 0 Å². The van der Waals surface area contributed by atoms with Gasteiger partial charge in [0.1, 0.15) is 10.8 Å². The van der Waals surface area contributed by atoms with E-state index in [0.29, 0.717) is 13.1 Å². The molecule has 0 aliphatic heterocycles. The zero-order valence-electron chi connectivity index (χ0n) is 9.94. The van der Waals surface area contributed by atoms with Gasteiger partial charge in [-0.05, 0) is 13.8 Å². The third-order valence-electron chi connectivity index (χ3n) is 1.70. The van der Waals surface area contributed by atoms with Gasteiger partial charge in [0.15, 0.2) is 0 Å². The van der Waals surface area contributed by atoms with Crippen LogP contribution in [0, 0.1) is 0 Å². The van der Waals surface area contributed by atoms with Crippen molar-refractivity contribution in [3.63, 3.8) is 0 Å². The first-order chi connectivity index (χ1) is 7.35. The molecule has 7 heteroatoms. The third-order valence-corrected chi connectivity index (χ3v) is 4.19. The Kier molecular flexibility index (Phi) is 7.70. The van der Waals surface area contributed by atoms with E-state index in [-0.39, 0.29) is 10.6 Å². The second kappa shape index (κ2) is 7.57. The summed E-state index contributed by atoms with van der Waals surface area (Å²) in [6.07, 6.45) is 0.818. The highest BCUT2D eigenvalue weighted by atomic mass is 35.5. The van der Waals surface area contributed by atoms with Gasteiger partial charge in [-0.25, -0.2) is 4.57 Å². The lowest BCUT2D eigenvalue weighted by Crippen LogP contribution is -2.23. The van der Waals surface area contributed by atoms with Crippen LogP contribution in [0.15, 0.2) is 10.8 Å². The first-order valence-corrected chi connectivity index (χ1v) is 7.34. The maximum Gasteiger partial charge on any atom is 0.461 e. The summed E-state index contributed by atoms with van der Waals surface area (Å²) < 4.78 is 24.3. The van der Waals surface area contributed by atoms with E-state index < -0.39 is 7.75 Å². The predicted molar refractivity (Wildman–Crippen MR) is 67.6 cm³/mol. The average Bonchev–Trinajstić information content (AvgIpc) is 2.15. The lowest BCUT2D eigenvalue weighted by atomic mass is 10.5. The Hall–Kier alpha value is 0.270. The Labute approximate surface area is 107 Å². The van der Waals surface area contributed by atoms with Gasteiger partial charge >= 0.3 is 7.75 Å². The molecule has 16 heavy (non-hydrogen) atoms. The minimum absolute atomic E-state index is 0.0975. The zero-order valence-corrected chi connectivity index (χ0v) is 12.4. The monoisotopic (exact) mass is 289 g/mol. The Balaban J connectivity index is 4.87. The largest absolute Gasteiger partial charge is 0.461 e. The smallest absolute Gasteiger partial charge is 0.418 e. The molecule has 96 valence electrons. The standard InChI is InChI=1S/C9H18Cl2NO3P/c1-5-12(6-2)16(13,15-8(3)4)14-7-9(10)11/h7-8H,5-6H2,1-4H3/t16-/m1/s1. The Morgan fingerprint density at radius 3 is 2.19 bits per heavy atom. The molecule has 0 aromatic heterocycles. The summed E-state index contributed by atoms with van der Waals surface area (Å²) in [6.45, 7) is 8.41. The molecule has 4 nitrogen and oxygen atoms in total. The maximum absolute atomic E-state index is 12.4. The minimum atomic E-state index is -3.35. The Morgan fingerprint density at radius 2 is 1.88 bits per heavy atom. The molecule has 0 saturated carbocycles. The van der Waals surface area contributed by atoms with Gasteiger partial charge < -0.3 is 4.52 Å². The van der Waals surface area contributed by atoms with Crippen LogP contribution in [0.25, 0.3) is 0 Å². The summed E-state index contributed by atoms with van der Waals surface area (Å²) in [6, 6.07) is 0. The van der Waals surface area contributed by atoms with Gasteiger partial charge in [-0.1, -0.05) is 37.0 Å². The summed E-state index contributed by atoms with van der Waals surface area (Å²) in [5, 5.41) is 0. The summed E-state index contributed by atoms with van der Waals surface area (Å²) >= 11 is 10.8. The first-order valence-electron chi connectivity index (χ1n) is 5.09. The highest BCUT2D eigenvalue weighted by Gasteiger charge is 2.33. The molecule has 0 N–H and O–H groups in total. The van der Waals surface area contributed by atoms with Crippen LogP contribution < -0.4 is 0 Å². The lowest BCUT2D eigenvalue weighted by molar-refractivity contribution is 0.159. The van der Waals surface area contributed by atoms with Gasteiger partial charge in [-0.15, -0.1) is 0 Å². The van der Waals surface area contributed by atoms with E-state index in [0.717, 1.165) is 6.26 Å². The van der Waals surface area contributed by atoms with Crippen LogP contribution in [0.5, 0.6) is 0 Å². The normalized spacial score (nSPS) is 15.0. The SMILES string of the molecule is CCN(CC)[P@@](=O)(OC=C(Cl)Cl)OC(C)C. The minimum Gasteiger partial charge on any atom is -0.418 e. The molecule has 0 heterocycles. The summed E-state index contributed by atoms with van der Waals surface area (Å²) in [5.41, 5.74) is 0. The van der Waals surface area contributed by atoms with Gasteiger partial charge in [0.25, 0.3) is 0 Å². The van der Waals surface area contributed by atoms with Crippen LogP contribution in [-0.2, 0) is 13.6 Å². The Bertz CT molecular complexity index is 276. The molecule has 0 radical (unpaired) electrons. The highest BCUT2D eigenvalue weighted by Crippen LogP contribution is 2.53. The van der Waals surface area contributed by atoms with Crippen molar-refractivity contribution in [3.05, 3.63) is 10.8 Å². The van der Waals surface area contributed by atoms with E-state index in [4.69, 9.17) is 32.2 Å². The molecule has 0 saturated heterocycles. The van der Waals surface area contributed by atoms with Crippen molar-refractivity contribution in [2.45, 2.75) is 33.8 Å². The summed E-state index contributed by atoms with van der Waals surface area (Å²) in [4.78, 5) is 0. The third kappa shape index (κ3) is 5.55. The molecular weight excluding hydrogens is 272 g/mol. The van der Waals surface area contributed by atoms with Gasteiger partial charge in [-0.3, -0.25) is 4.52 Å². The molecule has 0 rings (SSSR count). The van der Waals surface area contributed by atoms with Crippen molar-refractivity contribution >= 4 is 30.9 Å². The van der Waals surface area contributed by atoms with Crippen LogP contribution in [0.1, 0.15) is 27.7 Å². The van der Waals surface area contributed by atoms with E-state index in [1.165, 1.54) is 0 Å². The molecule has 0 amide bonds. The highest BCUT2D eigenvalue weighted by molar-refractivity contribution is 7.51. The fourth-order valence-electron chi connectivity index (χ4n) is 1.10. The van der Waals surface area contributed by atoms with Crippen molar-refractivity contribution < 1.29 is 13.6 Å². The number of hydrogen-bond donors (Lipinski definition) is 0. The molecular formula is C9H18Cl2NO3P. The first kappa shape index (κ1) is 16.3.